The maximum atomic E-state index is 10.0. The lowest BCUT2D eigenvalue weighted by Crippen LogP contribution is -2.34. The van der Waals surface area contributed by atoms with Crippen LogP contribution in [0.15, 0.2) is 12.3 Å². The number of rotatable bonds is 3. The Balaban J connectivity index is 2.33. The summed E-state index contributed by atoms with van der Waals surface area (Å²) in [6.07, 6.45) is 2.97. The number of aryl methyl sites for hydroxylation is 1. The Hall–Kier alpha value is -1.11. The molecule has 1 unspecified atom stereocenters. The van der Waals surface area contributed by atoms with Gasteiger partial charge >= 0.3 is 7.12 Å². The van der Waals surface area contributed by atoms with Crippen LogP contribution < -0.4 is 10.4 Å². The van der Waals surface area contributed by atoms with Crippen LogP contribution in [0.4, 0.5) is 5.69 Å². The molecule has 2 rings (SSSR count). The van der Waals surface area contributed by atoms with E-state index in [1.54, 1.807) is 6.07 Å². The molecule has 0 radical (unpaired) electrons. The first-order valence-electron chi connectivity index (χ1n) is 6.25. The van der Waals surface area contributed by atoms with Gasteiger partial charge in [-0.05, 0) is 25.8 Å². The van der Waals surface area contributed by atoms with Crippen molar-refractivity contribution in [2.75, 3.05) is 18.0 Å². The van der Waals surface area contributed by atoms with Crippen LogP contribution in [0.25, 0.3) is 0 Å². The summed E-state index contributed by atoms with van der Waals surface area (Å²) in [5.41, 5.74) is 1.51. The third kappa shape index (κ3) is 2.66. The zero-order valence-corrected chi connectivity index (χ0v) is 10.8. The van der Waals surface area contributed by atoms with Gasteiger partial charge < -0.3 is 20.1 Å². The Labute approximate surface area is 107 Å². The highest BCUT2D eigenvalue weighted by Crippen LogP contribution is 2.27. The van der Waals surface area contributed by atoms with Crippen LogP contribution in [0.1, 0.15) is 26.0 Å². The molecule has 1 aromatic rings. The first-order chi connectivity index (χ1) is 8.43. The third-order valence-electron chi connectivity index (χ3n) is 3.39. The Morgan fingerprint density at radius 2 is 2.22 bits per heavy atom. The first-order valence-corrected chi connectivity index (χ1v) is 6.25. The summed E-state index contributed by atoms with van der Waals surface area (Å²) in [6, 6.07) is 1.75. The fourth-order valence-corrected chi connectivity index (χ4v) is 2.34. The van der Waals surface area contributed by atoms with Crippen molar-refractivity contribution in [3.05, 3.63) is 18.0 Å². The molecule has 18 heavy (non-hydrogen) atoms. The first kappa shape index (κ1) is 13.3. The summed E-state index contributed by atoms with van der Waals surface area (Å²) < 4.78 is 0. The highest BCUT2D eigenvalue weighted by molar-refractivity contribution is 6.58. The molecule has 5 nitrogen and oxygen atoms in total. The minimum Gasteiger partial charge on any atom is -0.423 e. The predicted molar refractivity (Wildman–Crippen MR) is 70.9 cm³/mol. The van der Waals surface area contributed by atoms with Gasteiger partial charge in [-0.2, -0.15) is 0 Å². The lowest BCUT2D eigenvalue weighted by atomic mass is 9.81. The maximum Gasteiger partial charge on any atom is 0.490 e. The molecule has 1 aromatic heterocycles. The molecule has 0 aliphatic carbocycles. The van der Waals surface area contributed by atoms with Crippen molar-refractivity contribution < 1.29 is 15.2 Å². The molecule has 0 amide bonds. The second-order valence-electron chi connectivity index (χ2n) is 5.13. The van der Waals surface area contributed by atoms with E-state index in [9.17, 15) is 15.2 Å². The fourth-order valence-electron chi connectivity index (χ4n) is 2.34. The van der Waals surface area contributed by atoms with Gasteiger partial charge in [0.25, 0.3) is 0 Å². The van der Waals surface area contributed by atoms with Gasteiger partial charge in [0, 0.05) is 24.7 Å². The van der Waals surface area contributed by atoms with Crippen molar-refractivity contribution in [2.24, 2.45) is 0 Å². The minimum absolute atomic E-state index is 0.383. The molecular formula is C12H19BN2O3. The van der Waals surface area contributed by atoms with E-state index < -0.39 is 12.7 Å². The number of β-amino-alcohol motifs (C(OH)–C–C–N with tert-alkyl or cyclic N) is 1. The molecule has 1 aliphatic rings. The van der Waals surface area contributed by atoms with Gasteiger partial charge in [-0.15, -0.1) is 0 Å². The van der Waals surface area contributed by atoms with E-state index in [0.29, 0.717) is 18.4 Å². The number of pyridine rings is 1. The fraction of sp³-hybridized carbons (Fsp3) is 0.583. The molecule has 0 aromatic carbocycles. The number of hydrogen-bond donors (Lipinski definition) is 3. The van der Waals surface area contributed by atoms with Gasteiger partial charge in [-0.3, -0.25) is 4.98 Å². The van der Waals surface area contributed by atoms with Crippen molar-refractivity contribution in [1.82, 2.24) is 4.98 Å². The molecule has 3 N–H and O–H groups in total. The normalized spacial score (nSPS) is 23.5. The Bertz CT molecular complexity index is 437. The Morgan fingerprint density at radius 1 is 1.50 bits per heavy atom. The molecule has 0 spiro atoms. The van der Waals surface area contributed by atoms with Crippen molar-refractivity contribution in [3.63, 3.8) is 0 Å². The third-order valence-corrected chi connectivity index (χ3v) is 3.39. The van der Waals surface area contributed by atoms with Gasteiger partial charge in [0.1, 0.15) is 0 Å². The SMILES string of the molecule is CCc1ncc(B(O)O)cc1N1CCC(C)(O)C1. The summed E-state index contributed by atoms with van der Waals surface area (Å²) in [7, 11) is -1.51. The van der Waals surface area contributed by atoms with Crippen LogP contribution in [0.5, 0.6) is 0 Å². The van der Waals surface area contributed by atoms with Crippen molar-refractivity contribution >= 4 is 18.3 Å². The number of nitrogens with zero attached hydrogens (tertiary/aromatic N) is 2. The standard InChI is InChI=1S/C12H19BN2O3/c1-3-10-11(6-9(7-14-10)13(17)18)15-5-4-12(2,16)8-15/h6-7,16-18H,3-5,8H2,1-2H3. The van der Waals surface area contributed by atoms with E-state index in [1.807, 2.05) is 13.8 Å². The molecule has 1 fully saturated rings. The van der Waals surface area contributed by atoms with Crippen LogP contribution in [0.3, 0.4) is 0 Å². The summed E-state index contributed by atoms with van der Waals surface area (Å²) in [5.74, 6) is 0. The quantitative estimate of drug-likeness (QED) is 0.617. The van der Waals surface area contributed by atoms with Crippen LogP contribution >= 0.6 is 0 Å². The van der Waals surface area contributed by atoms with E-state index >= 15 is 0 Å². The molecule has 1 atom stereocenters. The van der Waals surface area contributed by atoms with Crippen molar-refractivity contribution in [1.29, 1.82) is 0 Å². The second kappa shape index (κ2) is 4.88. The highest BCUT2D eigenvalue weighted by Gasteiger charge is 2.32. The van der Waals surface area contributed by atoms with Crippen LogP contribution in [-0.2, 0) is 6.42 Å². The van der Waals surface area contributed by atoms with Crippen molar-refractivity contribution in [3.8, 4) is 0 Å². The number of anilines is 1. The zero-order valence-electron chi connectivity index (χ0n) is 10.8. The van der Waals surface area contributed by atoms with Crippen LogP contribution in [0, 0.1) is 0 Å². The maximum absolute atomic E-state index is 10.0. The molecular weight excluding hydrogens is 231 g/mol. The van der Waals surface area contributed by atoms with E-state index in [-0.39, 0.29) is 0 Å². The lowest BCUT2D eigenvalue weighted by molar-refractivity contribution is 0.0839. The lowest BCUT2D eigenvalue weighted by Gasteiger charge is -2.23. The number of aliphatic hydroxyl groups is 1. The van der Waals surface area contributed by atoms with Gasteiger partial charge in [0.05, 0.1) is 17.0 Å². The number of aromatic nitrogens is 1. The summed E-state index contributed by atoms with van der Waals surface area (Å²) in [6.45, 7) is 5.13. The molecule has 1 saturated heterocycles. The molecule has 2 heterocycles. The number of hydrogen-bond acceptors (Lipinski definition) is 5. The molecule has 0 bridgehead atoms. The molecule has 6 heteroatoms. The van der Waals surface area contributed by atoms with E-state index in [4.69, 9.17) is 0 Å². The van der Waals surface area contributed by atoms with Crippen molar-refractivity contribution in [2.45, 2.75) is 32.3 Å². The van der Waals surface area contributed by atoms with E-state index in [1.165, 1.54) is 6.20 Å². The Morgan fingerprint density at radius 3 is 2.72 bits per heavy atom. The second-order valence-corrected chi connectivity index (χ2v) is 5.13. The summed E-state index contributed by atoms with van der Waals surface area (Å²) in [4.78, 5) is 6.32. The van der Waals surface area contributed by atoms with Crippen LogP contribution in [-0.4, -0.2) is 45.9 Å². The smallest absolute Gasteiger partial charge is 0.423 e. The van der Waals surface area contributed by atoms with E-state index in [2.05, 4.69) is 9.88 Å². The molecule has 0 saturated carbocycles. The van der Waals surface area contributed by atoms with Crippen LogP contribution in [0.2, 0.25) is 0 Å². The Kier molecular flexibility index (Phi) is 3.61. The van der Waals surface area contributed by atoms with Gasteiger partial charge in [0.15, 0.2) is 0 Å². The molecule has 1 aliphatic heterocycles. The largest absolute Gasteiger partial charge is 0.490 e. The van der Waals surface area contributed by atoms with Gasteiger partial charge in [-0.1, -0.05) is 6.92 Å². The zero-order chi connectivity index (χ0) is 13.3. The minimum atomic E-state index is -1.51. The van der Waals surface area contributed by atoms with Gasteiger partial charge in [-0.25, -0.2) is 0 Å². The topological polar surface area (TPSA) is 76.8 Å². The van der Waals surface area contributed by atoms with E-state index in [0.717, 1.165) is 24.3 Å². The summed E-state index contributed by atoms with van der Waals surface area (Å²) >= 11 is 0. The monoisotopic (exact) mass is 250 g/mol. The average Bonchev–Trinajstić information content (AvgIpc) is 2.68. The van der Waals surface area contributed by atoms with Gasteiger partial charge in [0.2, 0.25) is 0 Å². The molecule has 98 valence electrons. The highest BCUT2D eigenvalue weighted by atomic mass is 16.4. The predicted octanol–water partition coefficient (Wildman–Crippen LogP) is -0.715. The average molecular weight is 250 g/mol. The summed E-state index contributed by atoms with van der Waals surface area (Å²) in [5, 5.41) is 28.4.